The van der Waals surface area contributed by atoms with E-state index >= 15 is 0 Å². The zero-order valence-electron chi connectivity index (χ0n) is 8.15. The molecule has 0 radical (unpaired) electrons. The quantitative estimate of drug-likeness (QED) is 0.304. The number of isothiocyanates is 1. The Morgan fingerprint density at radius 1 is 1.67 bits per heavy atom. The van der Waals surface area contributed by atoms with E-state index in [2.05, 4.69) is 28.4 Å². The first-order valence-corrected chi connectivity index (χ1v) is 4.42. The first kappa shape index (κ1) is 13.5. The third-order valence-corrected chi connectivity index (χ3v) is 1.39. The molecule has 15 heavy (non-hydrogen) atoms. The van der Waals surface area contributed by atoms with E-state index in [9.17, 15) is 9.59 Å². The van der Waals surface area contributed by atoms with Crippen molar-refractivity contribution >= 4 is 29.2 Å². The predicted molar refractivity (Wildman–Crippen MR) is 57.3 cm³/mol. The van der Waals surface area contributed by atoms with Gasteiger partial charge in [0.1, 0.15) is 12.6 Å². The third kappa shape index (κ3) is 6.52. The molecule has 80 valence electrons. The standard InChI is InChI=1S/C9H10N2O3S/c1-3-4-14-5-8(11-7(2)12)9(13)10-6-15/h1,8H,4-5H2,2H3,(H,11,12). The van der Waals surface area contributed by atoms with Crippen LogP contribution in [0.4, 0.5) is 0 Å². The van der Waals surface area contributed by atoms with Crippen LogP contribution in [0, 0.1) is 12.3 Å². The number of terminal acetylenes is 1. The van der Waals surface area contributed by atoms with E-state index in [1.807, 2.05) is 5.16 Å². The van der Waals surface area contributed by atoms with Crippen LogP contribution in [0.5, 0.6) is 0 Å². The molecule has 0 aliphatic heterocycles. The number of amides is 2. The number of hydrogen-bond acceptors (Lipinski definition) is 4. The van der Waals surface area contributed by atoms with Crippen molar-refractivity contribution in [2.75, 3.05) is 13.2 Å². The maximum Gasteiger partial charge on any atom is 0.279 e. The van der Waals surface area contributed by atoms with Crippen LogP contribution >= 0.6 is 12.2 Å². The minimum atomic E-state index is -0.869. The highest BCUT2D eigenvalue weighted by molar-refractivity contribution is 7.78. The van der Waals surface area contributed by atoms with Gasteiger partial charge in [-0.25, -0.2) is 0 Å². The van der Waals surface area contributed by atoms with E-state index in [1.165, 1.54) is 6.92 Å². The molecule has 0 aliphatic rings. The van der Waals surface area contributed by atoms with Crippen LogP contribution in [0.1, 0.15) is 6.92 Å². The lowest BCUT2D eigenvalue weighted by Gasteiger charge is -2.12. The zero-order chi connectivity index (χ0) is 11.7. The second-order valence-electron chi connectivity index (χ2n) is 2.51. The fourth-order valence-corrected chi connectivity index (χ4v) is 0.869. The van der Waals surface area contributed by atoms with Gasteiger partial charge in [0, 0.05) is 6.92 Å². The summed E-state index contributed by atoms with van der Waals surface area (Å²) in [7, 11) is 0. The Kier molecular flexibility index (Phi) is 7.02. The maximum atomic E-state index is 11.2. The summed E-state index contributed by atoms with van der Waals surface area (Å²) in [5.41, 5.74) is 0. The summed E-state index contributed by atoms with van der Waals surface area (Å²) in [6.45, 7) is 1.30. The van der Waals surface area contributed by atoms with Crippen molar-refractivity contribution in [3.63, 3.8) is 0 Å². The van der Waals surface area contributed by atoms with Gasteiger partial charge in [0.25, 0.3) is 5.91 Å². The van der Waals surface area contributed by atoms with Crippen LogP contribution in [0.15, 0.2) is 4.99 Å². The van der Waals surface area contributed by atoms with E-state index in [1.54, 1.807) is 0 Å². The lowest BCUT2D eigenvalue weighted by Crippen LogP contribution is -2.42. The topological polar surface area (TPSA) is 67.8 Å². The molecular formula is C9H10N2O3S. The molecule has 0 saturated carbocycles. The summed E-state index contributed by atoms with van der Waals surface area (Å²) in [5.74, 6) is 1.26. The minimum Gasteiger partial charge on any atom is -0.366 e. The van der Waals surface area contributed by atoms with Crippen molar-refractivity contribution in [2.45, 2.75) is 13.0 Å². The van der Waals surface area contributed by atoms with Gasteiger partial charge < -0.3 is 10.1 Å². The molecule has 0 aromatic heterocycles. The Morgan fingerprint density at radius 3 is 2.80 bits per heavy atom. The van der Waals surface area contributed by atoms with Gasteiger partial charge in [0.2, 0.25) is 5.91 Å². The highest BCUT2D eigenvalue weighted by Crippen LogP contribution is 1.90. The average Bonchev–Trinajstić information content (AvgIpc) is 2.16. The molecule has 5 nitrogen and oxygen atoms in total. The first-order chi connectivity index (χ1) is 7.11. The molecule has 0 aromatic carbocycles. The van der Waals surface area contributed by atoms with Crippen LogP contribution in [-0.4, -0.2) is 36.2 Å². The number of hydrogen-bond donors (Lipinski definition) is 1. The normalized spacial score (nSPS) is 10.7. The largest absolute Gasteiger partial charge is 0.366 e. The Hall–Kier alpha value is -1.54. The van der Waals surface area contributed by atoms with Crippen molar-refractivity contribution < 1.29 is 14.3 Å². The van der Waals surface area contributed by atoms with Crippen molar-refractivity contribution in [2.24, 2.45) is 4.99 Å². The van der Waals surface area contributed by atoms with Gasteiger partial charge in [0.15, 0.2) is 0 Å². The number of aliphatic imine (C=N–C) groups is 1. The SMILES string of the molecule is C#CCOCC(NC(C)=O)C(=O)N=C=S. The number of nitrogens with one attached hydrogen (secondary N) is 1. The van der Waals surface area contributed by atoms with E-state index in [4.69, 9.17) is 11.2 Å². The van der Waals surface area contributed by atoms with Crippen LogP contribution in [0.2, 0.25) is 0 Å². The number of thiocarbonyl (C=S) groups is 1. The van der Waals surface area contributed by atoms with E-state index in [0.29, 0.717) is 0 Å². The molecule has 0 heterocycles. The molecule has 1 N–H and O–H groups in total. The minimum absolute atomic E-state index is 0.0386. The fraction of sp³-hybridized carbons (Fsp3) is 0.444. The van der Waals surface area contributed by atoms with Crippen LogP contribution in [-0.2, 0) is 14.3 Å². The molecular weight excluding hydrogens is 216 g/mol. The van der Waals surface area contributed by atoms with Gasteiger partial charge in [-0.15, -0.1) is 6.42 Å². The Morgan fingerprint density at radius 2 is 2.33 bits per heavy atom. The third-order valence-electron chi connectivity index (χ3n) is 1.30. The zero-order valence-corrected chi connectivity index (χ0v) is 8.97. The van der Waals surface area contributed by atoms with Gasteiger partial charge in [0.05, 0.1) is 11.8 Å². The van der Waals surface area contributed by atoms with Gasteiger partial charge in [-0.3, -0.25) is 9.59 Å². The highest BCUT2D eigenvalue weighted by Gasteiger charge is 2.18. The molecule has 0 spiro atoms. The molecule has 0 aliphatic carbocycles. The van der Waals surface area contributed by atoms with Gasteiger partial charge in [-0.05, 0) is 12.2 Å². The monoisotopic (exact) mass is 226 g/mol. The van der Waals surface area contributed by atoms with Crippen molar-refractivity contribution in [1.82, 2.24) is 5.32 Å². The number of nitrogens with zero attached hydrogens (tertiary/aromatic N) is 1. The van der Waals surface area contributed by atoms with Gasteiger partial charge in [-0.1, -0.05) is 5.92 Å². The molecule has 0 rings (SSSR count). The first-order valence-electron chi connectivity index (χ1n) is 4.01. The Balaban J connectivity index is 4.30. The average molecular weight is 226 g/mol. The smallest absolute Gasteiger partial charge is 0.279 e. The summed E-state index contributed by atoms with van der Waals surface area (Å²) in [4.78, 5) is 25.2. The van der Waals surface area contributed by atoms with Crippen LogP contribution < -0.4 is 5.32 Å². The maximum absolute atomic E-state index is 11.2. The Labute approximate surface area is 92.9 Å². The molecule has 1 unspecified atom stereocenters. The molecule has 2 amide bonds. The van der Waals surface area contributed by atoms with Crippen molar-refractivity contribution in [3.05, 3.63) is 0 Å². The molecule has 6 heteroatoms. The molecule has 1 atom stereocenters. The molecule has 0 saturated heterocycles. The van der Waals surface area contributed by atoms with Gasteiger partial charge in [-0.2, -0.15) is 4.99 Å². The van der Waals surface area contributed by atoms with Crippen LogP contribution in [0.25, 0.3) is 0 Å². The summed E-state index contributed by atoms with van der Waals surface area (Å²) in [5, 5.41) is 4.28. The van der Waals surface area contributed by atoms with Crippen LogP contribution in [0.3, 0.4) is 0 Å². The number of carbonyl (C=O) groups excluding carboxylic acids is 2. The molecule has 0 bridgehead atoms. The number of carbonyl (C=O) groups is 2. The fourth-order valence-electron chi connectivity index (χ4n) is 0.779. The summed E-state index contributed by atoms with van der Waals surface area (Å²) < 4.78 is 4.92. The highest BCUT2D eigenvalue weighted by atomic mass is 32.1. The lowest BCUT2D eigenvalue weighted by molar-refractivity contribution is -0.127. The van der Waals surface area contributed by atoms with E-state index in [-0.39, 0.29) is 19.1 Å². The van der Waals surface area contributed by atoms with E-state index in [0.717, 1.165) is 0 Å². The summed E-state index contributed by atoms with van der Waals surface area (Å²) >= 11 is 4.27. The summed E-state index contributed by atoms with van der Waals surface area (Å²) in [6, 6.07) is -0.869. The second kappa shape index (κ2) is 7.83. The molecule has 0 fully saturated rings. The Bertz CT molecular complexity index is 329. The van der Waals surface area contributed by atoms with Crippen molar-refractivity contribution in [1.29, 1.82) is 0 Å². The predicted octanol–water partition coefficient (Wildman–Crippen LogP) is -0.230. The lowest BCUT2D eigenvalue weighted by atomic mass is 10.3. The number of ether oxygens (including phenoxy) is 1. The second-order valence-corrected chi connectivity index (χ2v) is 2.70. The number of rotatable bonds is 5. The van der Waals surface area contributed by atoms with E-state index < -0.39 is 11.9 Å². The van der Waals surface area contributed by atoms with Crippen molar-refractivity contribution in [3.8, 4) is 12.3 Å². The molecule has 0 aromatic rings. The van der Waals surface area contributed by atoms with Gasteiger partial charge >= 0.3 is 0 Å². The summed E-state index contributed by atoms with van der Waals surface area (Å²) in [6.07, 6.45) is 4.95.